The van der Waals surface area contributed by atoms with E-state index in [1.807, 2.05) is 37.3 Å². The molecule has 0 radical (unpaired) electrons. The van der Waals surface area contributed by atoms with Crippen LogP contribution in [0.15, 0.2) is 36.5 Å². The minimum absolute atomic E-state index is 0.0749. The largest absolute Gasteiger partial charge is 0.494 e. The number of hydrogen-bond acceptors (Lipinski definition) is 6. The lowest BCUT2D eigenvalue weighted by Gasteiger charge is -2.29. The number of benzene rings is 1. The summed E-state index contributed by atoms with van der Waals surface area (Å²) in [6, 6.07) is 9.96. The van der Waals surface area contributed by atoms with Crippen molar-refractivity contribution in [3.05, 3.63) is 42.1 Å². The molecule has 136 valence electrons. The Morgan fingerprint density at radius 1 is 1.35 bits per heavy atom. The van der Waals surface area contributed by atoms with E-state index in [1.165, 1.54) is 0 Å². The number of aromatic amines is 1. The van der Waals surface area contributed by atoms with Crippen molar-refractivity contribution >= 4 is 28.1 Å². The lowest BCUT2D eigenvalue weighted by atomic mass is 10.0. The van der Waals surface area contributed by atoms with Crippen molar-refractivity contribution in [1.29, 1.82) is 0 Å². The number of aryl methyl sites for hydroxylation is 1. The number of nitrogens with two attached hydrogens (primary N) is 1. The van der Waals surface area contributed by atoms with E-state index in [1.54, 1.807) is 6.20 Å². The first-order valence-corrected chi connectivity index (χ1v) is 8.75. The molecule has 1 aliphatic heterocycles. The summed E-state index contributed by atoms with van der Waals surface area (Å²) in [7, 11) is 0. The average molecular weight is 353 g/mol. The molecule has 6 N–H and O–H groups in total. The molecule has 7 nitrogen and oxygen atoms in total. The molecule has 7 heteroatoms. The summed E-state index contributed by atoms with van der Waals surface area (Å²) in [5, 5.41) is 18.5. The summed E-state index contributed by atoms with van der Waals surface area (Å²) in [4.78, 5) is 7.55. The molecule has 3 heterocycles. The second-order valence-electron chi connectivity index (χ2n) is 6.73. The predicted molar refractivity (Wildman–Crippen MR) is 103 cm³/mol. The fourth-order valence-electron chi connectivity index (χ4n) is 3.30. The van der Waals surface area contributed by atoms with Crippen LogP contribution in [0.4, 0.5) is 17.3 Å². The van der Waals surface area contributed by atoms with Gasteiger partial charge in [0.05, 0.1) is 12.0 Å². The van der Waals surface area contributed by atoms with E-state index in [9.17, 15) is 5.11 Å². The number of hydrogen-bond donors (Lipinski definition) is 5. The van der Waals surface area contributed by atoms with Gasteiger partial charge in [0.1, 0.15) is 11.6 Å². The third-order valence-electron chi connectivity index (χ3n) is 4.67. The van der Waals surface area contributed by atoms with Gasteiger partial charge in [0, 0.05) is 36.0 Å². The fraction of sp³-hybridized carbons (Fsp3) is 0.316. The van der Waals surface area contributed by atoms with Crippen LogP contribution >= 0.6 is 0 Å². The number of nitrogens with one attached hydrogen (secondary N) is 3. The van der Waals surface area contributed by atoms with Crippen LogP contribution in [0.3, 0.4) is 0 Å². The minimum Gasteiger partial charge on any atom is -0.494 e. The third kappa shape index (κ3) is 3.31. The summed E-state index contributed by atoms with van der Waals surface area (Å²) in [6.07, 6.45) is 2.60. The van der Waals surface area contributed by atoms with Crippen LogP contribution in [0.5, 0.6) is 5.88 Å². The number of fused-ring (bicyclic) bond motifs is 1. The second kappa shape index (κ2) is 6.86. The van der Waals surface area contributed by atoms with Crippen LogP contribution in [0.2, 0.25) is 0 Å². The van der Waals surface area contributed by atoms with Crippen LogP contribution < -0.4 is 16.4 Å². The van der Waals surface area contributed by atoms with Crippen molar-refractivity contribution in [2.45, 2.75) is 25.4 Å². The van der Waals surface area contributed by atoms with Gasteiger partial charge in [-0.2, -0.15) is 0 Å². The highest BCUT2D eigenvalue weighted by Gasteiger charge is 2.23. The number of aromatic hydroxyl groups is 1. The fourth-order valence-corrected chi connectivity index (χ4v) is 3.30. The van der Waals surface area contributed by atoms with Crippen LogP contribution in [-0.2, 0) is 4.74 Å². The van der Waals surface area contributed by atoms with E-state index < -0.39 is 0 Å². The number of aromatic nitrogens is 2. The van der Waals surface area contributed by atoms with Crippen molar-refractivity contribution in [2.75, 3.05) is 23.8 Å². The van der Waals surface area contributed by atoms with Gasteiger partial charge in [-0.3, -0.25) is 0 Å². The molecule has 1 saturated heterocycles. The van der Waals surface area contributed by atoms with Crippen LogP contribution in [0.25, 0.3) is 10.8 Å². The molecule has 4 rings (SSSR count). The SMILES string of the molecule is Cc1cccc(Nc2nc(N[C@@H]3CCOC[C@@H]3N)cc3c[nH]c(O)c23)c1. The summed E-state index contributed by atoms with van der Waals surface area (Å²) in [5.41, 5.74) is 8.21. The molecule has 2 aromatic heterocycles. The highest BCUT2D eigenvalue weighted by Crippen LogP contribution is 2.34. The molecule has 0 amide bonds. The van der Waals surface area contributed by atoms with E-state index >= 15 is 0 Å². The van der Waals surface area contributed by atoms with Gasteiger partial charge in [-0.25, -0.2) is 4.98 Å². The Hall–Kier alpha value is -2.77. The third-order valence-corrected chi connectivity index (χ3v) is 4.67. The molecule has 0 saturated carbocycles. The van der Waals surface area contributed by atoms with Gasteiger partial charge < -0.3 is 31.2 Å². The summed E-state index contributed by atoms with van der Waals surface area (Å²) in [5.74, 6) is 1.40. The maximum absolute atomic E-state index is 10.2. The summed E-state index contributed by atoms with van der Waals surface area (Å²) in [6.45, 7) is 3.26. The van der Waals surface area contributed by atoms with Gasteiger partial charge in [-0.15, -0.1) is 0 Å². The zero-order chi connectivity index (χ0) is 18.1. The average Bonchev–Trinajstić information content (AvgIpc) is 2.98. The molecule has 0 aliphatic carbocycles. The van der Waals surface area contributed by atoms with E-state index in [4.69, 9.17) is 10.5 Å². The van der Waals surface area contributed by atoms with Gasteiger partial charge in [0.2, 0.25) is 0 Å². The molecule has 1 fully saturated rings. The van der Waals surface area contributed by atoms with Gasteiger partial charge in [-0.1, -0.05) is 12.1 Å². The number of ether oxygens (including phenoxy) is 1. The van der Waals surface area contributed by atoms with Crippen molar-refractivity contribution in [2.24, 2.45) is 5.73 Å². The molecule has 26 heavy (non-hydrogen) atoms. The molecule has 0 unspecified atom stereocenters. The van der Waals surface area contributed by atoms with Crippen molar-refractivity contribution in [3.8, 4) is 5.88 Å². The quantitative estimate of drug-likeness (QED) is 0.494. The second-order valence-corrected chi connectivity index (χ2v) is 6.73. The number of H-pyrrole nitrogens is 1. The zero-order valence-corrected chi connectivity index (χ0v) is 14.6. The molecular formula is C19H23N5O2. The van der Waals surface area contributed by atoms with E-state index in [0.29, 0.717) is 30.2 Å². The Labute approximate surface area is 151 Å². The molecule has 0 bridgehead atoms. The highest BCUT2D eigenvalue weighted by molar-refractivity contribution is 5.99. The van der Waals surface area contributed by atoms with Gasteiger partial charge in [-0.05, 0) is 37.1 Å². The summed E-state index contributed by atoms with van der Waals surface area (Å²) >= 11 is 0. The lowest BCUT2D eigenvalue weighted by Crippen LogP contribution is -2.47. The van der Waals surface area contributed by atoms with Gasteiger partial charge in [0.25, 0.3) is 0 Å². The van der Waals surface area contributed by atoms with Crippen molar-refractivity contribution < 1.29 is 9.84 Å². The zero-order valence-electron chi connectivity index (χ0n) is 14.6. The minimum atomic E-state index is -0.0749. The first-order chi connectivity index (χ1) is 12.6. The normalized spacial score (nSPS) is 20.2. The number of rotatable bonds is 4. The molecule has 3 aromatic rings. The molecule has 0 spiro atoms. The number of nitrogens with zero attached hydrogens (tertiary/aromatic N) is 1. The number of anilines is 3. The molecule has 1 aliphatic rings. The topological polar surface area (TPSA) is 108 Å². The van der Waals surface area contributed by atoms with Gasteiger partial charge in [0.15, 0.2) is 5.88 Å². The van der Waals surface area contributed by atoms with Crippen LogP contribution in [0, 0.1) is 6.92 Å². The Morgan fingerprint density at radius 3 is 3.04 bits per heavy atom. The predicted octanol–water partition coefficient (Wildman–Crippen LogP) is 2.85. The van der Waals surface area contributed by atoms with E-state index in [2.05, 4.69) is 20.6 Å². The van der Waals surface area contributed by atoms with Crippen molar-refractivity contribution in [3.63, 3.8) is 0 Å². The Kier molecular flexibility index (Phi) is 4.40. The Bertz CT molecular complexity index is 923. The van der Waals surface area contributed by atoms with Crippen LogP contribution in [-0.4, -0.2) is 40.4 Å². The molecular weight excluding hydrogens is 330 g/mol. The highest BCUT2D eigenvalue weighted by atomic mass is 16.5. The van der Waals surface area contributed by atoms with E-state index in [-0.39, 0.29) is 18.0 Å². The smallest absolute Gasteiger partial charge is 0.200 e. The summed E-state index contributed by atoms with van der Waals surface area (Å²) < 4.78 is 5.40. The van der Waals surface area contributed by atoms with Gasteiger partial charge >= 0.3 is 0 Å². The lowest BCUT2D eigenvalue weighted by molar-refractivity contribution is 0.0752. The first-order valence-electron chi connectivity index (χ1n) is 8.75. The monoisotopic (exact) mass is 353 g/mol. The first kappa shape index (κ1) is 16.7. The van der Waals surface area contributed by atoms with E-state index in [0.717, 1.165) is 23.1 Å². The Balaban J connectivity index is 1.69. The maximum Gasteiger partial charge on any atom is 0.200 e. The Morgan fingerprint density at radius 2 is 2.23 bits per heavy atom. The molecule has 2 atom stereocenters. The molecule has 1 aromatic carbocycles. The van der Waals surface area contributed by atoms with Crippen molar-refractivity contribution in [1.82, 2.24) is 9.97 Å². The maximum atomic E-state index is 10.2. The standard InChI is InChI=1S/C19H23N5O2/c1-11-3-2-4-13(7-11)22-18-17-12(9-21-19(17)25)8-16(24-18)23-15-5-6-26-10-14(15)20/h2-4,7-9,14-15,21,23,25H,5-6,10,20H2,1H3,(H,22,24)/t14-,15+/m0/s1. The number of pyridine rings is 1. The van der Waals surface area contributed by atoms with Crippen LogP contribution in [0.1, 0.15) is 12.0 Å².